The van der Waals surface area contributed by atoms with Crippen molar-refractivity contribution in [2.45, 2.75) is 31.8 Å². The Morgan fingerprint density at radius 3 is 2.67 bits per heavy atom. The summed E-state index contributed by atoms with van der Waals surface area (Å²) in [6.07, 6.45) is 2.67. The van der Waals surface area contributed by atoms with Gasteiger partial charge in [-0.25, -0.2) is 13.8 Å². The SMILES string of the molecule is O=C(CCc1ncc(-c2c(F)cccc2F)o1)N[C@H]1CCN(Cc2ccccc2)C1. The quantitative estimate of drug-likeness (QED) is 0.640. The lowest BCUT2D eigenvalue weighted by Crippen LogP contribution is -2.37. The highest BCUT2D eigenvalue weighted by Crippen LogP contribution is 2.26. The molecule has 1 N–H and O–H groups in total. The fourth-order valence-corrected chi connectivity index (χ4v) is 3.73. The van der Waals surface area contributed by atoms with Crippen LogP contribution in [0.5, 0.6) is 0 Å². The number of rotatable bonds is 7. The highest BCUT2D eigenvalue weighted by molar-refractivity contribution is 5.76. The molecule has 0 bridgehead atoms. The smallest absolute Gasteiger partial charge is 0.220 e. The van der Waals surface area contributed by atoms with Gasteiger partial charge in [0.2, 0.25) is 5.91 Å². The molecule has 0 aliphatic carbocycles. The van der Waals surface area contributed by atoms with Gasteiger partial charge in [0.05, 0.1) is 11.8 Å². The molecular weight excluding hydrogens is 388 g/mol. The molecule has 30 heavy (non-hydrogen) atoms. The molecule has 0 saturated carbocycles. The van der Waals surface area contributed by atoms with E-state index in [0.717, 1.165) is 38.2 Å². The van der Waals surface area contributed by atoms with Gasteiger partial charge in [-0.1, -0.05) is 36.4 Å². The van der Waals surface area contributed by atoms with Crippen molar-refractivity contribution in [2.24, 2.45) is 0 Å². The third-order valence-electron chi connectivity index (χ3n) is 5.22. The summed E-state index contributed by atoms with van der Waals surface area (Å²) in [5.41, 5.74) is 1.01. The molecular formula is C23H23F2N3O2. The number of carbonyl (C=O) groups is 1. The maximum absolute atomic E-state index is 13.9. The summed E-state index contributed by atoms with van der Waals surface area (Å²) in [6, 6.07) is 14.0. The molecule has 0 radical (unpaired) electrons. The molecule has 2 aromatic carbocycles. The van der Waals surface area contributed by atoms with E-state index in [1.165, 1.54) is 17.8 Å². The first-order valence-electron chi connectivity index (χ1n) is 10.0. The second kappa shape index (κ2) is 9.17. The summed E-state index contributed by atoms with van der Waals surface area (Å²) in [5.74, 6) is -1.21. The number of aromatic nitrogens is 1. The van der Waals surface area contributed by atoms with Gasteiger partial charge < -0.3 is 9.73 Å². The monoisotopic (exact) mass is 411 g/mol. The van der Waals surface area contributed by atoms with Crippen LogP contribution in [0.15, 0.2) is 59.1 Å². The number of likely N-dealkylation sites (tertiary alicyclic amines) is 1. The first kappa shape index (κ1) is 20.2. The number of nitrogens with zero attached hydrogens (tertiary/aromatic N) is 2. The molecule has 1 aliphatic heterocycles. The lowest BCUT2D eigenvalue weighted by molar-refractivity contribution is -0.121. The van der Waals surface area contributed by atoms with E-state index >= 15 is 0 Å². The van der Waals surface area contributed by atoms with Crippen molar-refractivity contribution in [1.82, 2.24) is 15.2 Å². The van der Waals surface area contributed by atoms with Gasteiger partial charge in [-0.05, 0) is 24.1 Å². The molecule has 1 atom stereocenters. The summed E-state index contributed by atoms with van der Waals surface area (Å²) < 4.78 is 33.2. The van der Waals surface area contributed by atoms with Crippen LogP contribution in [0.2, 0.25) is 0 Å². The predicted octanol–water partition coefficient (Wildman–Crippen LogP) is 3.94. The Bertz CT molecular complexity index is 986. The average Bonchev–Trinajstić information content (AvgIpc) is 3.37. The van der Waals surface area contributed by atoms with E-state index in [0.29, 0.717) is 0 Å². The molecule has 0 unspecified atom stereocenters. The Balaban J connectivity index is 1.25. The van der Waals surface area contributed by atoms with E-state index in [4.69, 9.17) is 4.42 Å². The summed E-state index contributed by atoms with van der Waals surface area (Å²) >= 11 is 0. The van der Waals surface area contributed by atoms with Crippen molar-refractivity contribution in [3.8, 4) is 11.3 Å². The minimum Gasteiger partial charge on any atom is -0.441 e. The Morgan fingerprint density at radius 1 is 1.13 bits per heavy atom. The van der Waals surface area contributed by atoms with E-state index in [1.54, 1.807) is 0 Å². The molecule has 156 valence electrons. The zero-order chi connectivity index (χ0) is 20.9. The van der Waals surface area contributed by atoms with Crippen LogP contribution in [0, 0.1) is 11.6 Å². The molecule has 4 rings (SSSR count). The van der Waals surface area contributed by atoms with Gasteiger partial charge in [-0.2, -0.15) is 0 Å². The molecule has 1 aliphatic rings. The van der Waals surface area contributed by atoms with E-state index in [1.807, 2.05) is 18.2 Å². The third-order valence-corrected chi connectivity index (χ3v) is 5.22. The number of hydrogen-bond acceptors (Lipinski definition) is 4. The topological polar surface area (TPSA) is 58.4 Å². The molecule has 7 heteroatoms. The molecule has 1 aromatic heterocycles. The van der Waals surface area contributed by atoms with Gasteiger partial charge in [-0.3, -0.25) is 9.69 Å². The van der Waals surface area contributed by atoms with Crippen LogP contribution < -0.4 is 5.32 Å². The number of benzene rings is 2. The summed E-state index contributed by atoms with van der Waals surface area (Å²) in [6.45, 7) is 2.63. The largest absolute Gasteiger partial charge is 0.441 e. The number of nitrogens with one attached hydrogen (secondary N) is 1. The van der Waals surface area contributed by atoms with Gasteiger partial charge in [0.1, 0.15) is 11.6 Å². The van der Waals surface area contributed by atoms with Crippen LogP contribution in [0.25, 0.3) is 11.3 Å². The molecule has 5 nitrogen and oxygen atoms in total. The number of oxazole rings is 1. The highest BCUT2D eigenvalue weighted by atomic mass is 19.1. The van der Waals surface area contributed by atoms with E-state index in [-0.39, 0.29) is 42.0 Å². The Kier molecular flexibility index (Phi) is 6.18. The first-order chi connectivity index (χ1) is 14.6. The summed E-state index contributed by atoms with van der Waals surface area (Å²) in [7, 11) is 0. The van der Waals surface area contributed by atoms with Gasteiger partial charge in [-0.15, -0.1) is 0 Å². The summed E-state index contributed by atoms with van der Waals surface area (Å²) in [5, 5.41) is 3.05. The minimum atomic E-state index is -0.711. The second-order valence-electron chi connectivity index (χ2n) is 7.49. The fraction of sp³-hybridized carbons (Fsp3) is 0.304. The van der Waals surface area contributed by atoms with Gasteiger partial charge in [0.15, 0.2) is 11.7 Å². The maximum atomic E-state index is 13.9. The predicted molar refractivity (Wildman–Crippen MR) is 108 cm³/mol. The van der Waals surface area contributed by atoms with Gasteiger partial charge >= 0.3 is 0 Å². The Labute approximate surface area is 173 Å². The van der Waals surface area contributed by atoms with Crippen LogP contribution in [0.1, 0.15) is 24.3 Å². The normalized spacial score (nSPS) is 16.7. The molecule has 2 heterocycles. The van der Waals surface area contributed by atoms with Gasteiger partial charge in [0.25, 0.3) is 0 Å². The molecule has 3 aromatic rings. The lowest BCUT2D eigenvalue weighted by Gasteiger charge is -2.16. The molecule has 1 saturated heterocycles. The third kappa shape index (κ3) is 4.91. The second-order valence-corrected chi connectivity index (χ2v) is 7.49. The molecule has 1 amide bonds. The van der Waals surface area contributed by atoms with E-state index in [9.17, 15) is 13.6 Å². The van der Waals surface area contributed by atoms with Crippen LogP contribution in [0.3, 0.4) is 0 Å². The minimum absolute atomic E-state index is 0.0216. The number of carbonyl (C=O) groups excluding carboxylic acids is 1. The van der Waals surface area contributed by atoms with Crippen molar-refractivity contribution in [2.75, 3.05) is 13.1 Å². The number of hydrogen-bond donors (Lipinski definition) is 1. The molecule has 1 fully saturated rings. The fourth-order valence-electron chi connectivity index (χ4n) is 3.73. The average molecular weight is 411 g/mol. The van der Waals surface area contributed by atoms with Crippen molar-refractivity contribution >= 4 is 5.91 Å². The van der Waals surface area contributed by atoms with E-state index < -0.39 is 11.6 Å². The van der Waals surface area contributed by atoms with Crippen molar-refractivity contribution in [3.05, 3.63) is 77.8 Å². The van der Waals surface area contributed by atoms with E-state index in [2.05, 4.69) is 27.3 Å². The van der Waals surface area contributed by atoms with Crippen LogP contribution in [-0.4, -0.2) is 34.9 Å². The zero-order valence-corrected chi connectivity index (χ0v) is 16.5. The highest BCUT2D eigenvalue weighted by Gasteiger charge is 2.24. The number of amides is 1. The lowest BCUT2D eigenvalue weighted by atomic mass is 10.1. The number of halogens is 2. The zero-order valence-electron chi connectivity index (χ0n) is 16.5. The standard InChI is InChI=1S/C23H23F2N3O2/c24-18-7-4-8-19(25)23(18)20-13-26-22(30-20)10-9-21(29)27-17-11-12-28(15-17)14-16-5-2-1-3-6-16/h1-8,13,17H,9-12,14-15H2,(H,27,29)/t17-/m0/s1. The van der Waals surface area contributed by atoms with Crippen LogP contribution >= 0.6 is 0 Å². The van der Waals surface area contributed by atoms with Crippen molar-refractivity contribution < 1.29 is 18.0 Å². The Hall–Kier alpha value is -3.06. The van der Waals surface area contributed by atoms with Crippen LogP contribution in [0.4, 0.5) is 8.78 Å². The number of aryl methyl sites for hydroxylation is 1. The van der Waals surface area contributed by atoms with Crippen molar-refractivity contribution in [1.29, 1.82) is 0 Å². The van der Waals surface area contributed by atoms with Crippen molar-refractivity contribution in [3.63, 3.8) is 0 Å². The Morgan fingerprint density at radius 2 is 1.90 bits per heavy atom. The maximum Gasteiger partial charge on any atom is 0.220 e. The van der Waals surface area contributed by atoms with Crippen LogP contribution in [-0.2, 0) is 17.8 Å². The molecule has 0 spiro atoms. The van der Waals surface area contributed by atoms with Gasteiger partial charge in [0, 0.05) is 38.5 Å². The first-order valence-corrected chi connectivity index (χ1v) is 10.0. The summed E-state index contributed by atoms with van der Waals surface area (Å²) in [4.78, 5) is 18.7.